The molecule has 5 aromatic rings. The summed E-state index contributed by atoms with van der Waals surface area (Å²) in [6.45, 7) is 10.6. The maximum atomic E-state index is 17.2. The number of carbonyl (C=O) groups excluding carboxylic acids is 3. The molecule has 3 aromatic carbocycles. The van der Waals surface area contributed by atoms with Crippen LogP contribution in [0, 0.1) is 41.3 Å². The Hall–Kier alpha value is -6.41. The third-order valence-electron chi connectivity index (χ3n) is 17.2. The highest BCUT2D eigenvalue weighted by atomic mass is 19.1. The molecule has 8 heterocycles. The van der Waals surface area contributed by atoms with Crippen molar-refractivity contribution in [2.24, 2.45) is 23.2 Å². The number of ether oxygens (including phenoxy) is 1. The van der Waals surface area contributed by atoms with E-state index >= 15 is 4.39 Å². The normalized spacial score (nSPS) is 27.1. The van der Waals surface area contributed by atoms with E-state index in [0.29, 0.717) is 88.1 Å². The van der Waals surface area contributed by atoms with Gasteiger partial charge in [-0.3, -0.25) is 29.6 Å². The van der Waals surface area contributed by atoms with E-state index in [0.717, 1.165) is 102 Å². The average Bonchev–Trinajstić information content (AvgIpc) is 3.52. The van der Waals surface area contributed by atoms with E-state index in [1.165, 1.54) is 18.9 Å². The van der Waals surface area contributed by atoms with Crippen LogP contribution in [0.1, 0.15) is 72.9 Å². The van der Waals surface area contributed by atoms with Crippen LogP contribution in [0.5, 0.6) is 11.8 Å². The molecular weight excluding hydrogens is 900 g/mol. The Morgan fingerprint density at radius 2 is 1.68 bits per heavy atom. The second kappa shape index (κ2) is 17.4. The summed E-state index contributed by atoms with van der Waals surface area (Å²) in [7, 11) is 0. The van der Waals surface area contributed by atoms with Crippen LogP contribution in [-0.4, -0.2) is 143 Å². The summed E-state index contributed by atoms with van der Waals surface area (Å²) < 4.78 is 23.7. The molecule has 0 radical (unpaired) electrons. The molecule has 71 heavy (non-hydrogen) atoms. The maximum Gasteiger partial charge on any atom is 0.319 e. The van der Waals surface area contributed by atoms with Crippen molar-refractivity contribution in [3.8, 4) is 35.4 Å². The Kier molecular flexibility index (Phi) is 10.9. The van der Waals surface area contributed by atoms with Gasteiger partial charge in [-0.25, -0.2) is 4.39 Å². The Morgan fingerprint density at radius 3 is 2.42 bits per heavy atom. The highest BCUT2D eigenvalue weighted by Crippen LogP contribution is 2.50. The zero-order valence-electron chi connectivity index (χ0n) is 39.9. The Balaban J connectivity index is 0.640. The molecule has 2 bridgehead atoms. The summed E-state index contributed by atoms with van der Waals surface area (Å²) in [4.78, 5) is 63.6. The molecule has 13 rings (SSSR count). The first-order valence-electron chi connectivity index (χ1n) is 25.7. The van der Waals surface area contributed by atoms with E-state index in [1.54, 1.807) is 17.2 Å². The SMILES string of the molecule is C#Cc1cccc2cc(O)cc(-c3ncc4c(N5CC6CCC(C5)N6)nc(OCC5(CN6C[C@H]7C[C@H](CN8CCN(c9ccc%10c(c9)CN([C@H]9CCC(=O)NC9=O)C%10=O)CC8)C[C@H]7C6)CC5)nc4c3F)c12. The molecule has 5 saturated heterocycles. The lowest BCUT2D eigenvalue weighted by Gasteiger charge is -2.37. The van der Waals surface area contributed by atoms with Crippen LogP contribution in [0.2, 0.25) is 0 Å². The number of pyridine rings is 1. The Bertz CT molecular complexity index is 3030. The lowest BCUT2D eigenvalue weighted by Crippen LogP contribution is -2.52. The molecule has 2 aromatic heterocycles. The van der Waals surface area contributed by atoms with E-state index < -0.39 is 11.9 Å². The number of terminal acetylenes is 1. The first-order valence-corrected chi connectivity index (χ1v) is 25.7. The number of phenolic OH excluding ortho intramolecular Hbond substituents is 1. The first kappa shape index (κ1) is 44.5. The van der Waals surface area contributed by atoms with Crippen LogP contribution in [0.3, 0.4) is 0 Å². The van der Waals surface area contributed by atoms with Gasteiger partial charge in [-0.2, -0.15) is 9.97 Å². The van der Waals surface area contributed by atoms with Gasteiger partial charge >= 0.3 is 6.01 Å². The number of nitrogens with one attached hydrogen (secondary N) is 2. The predicted octanol–water partition coefficient (Wildman–Crippen LogP) is 5.31. The monoisotopic (exact) mass is 958 g/mol. The minimum atomic E-state index is -0.605. The van der Waals surface area contributed by atoms with Crippen molar-refractivity contribution in [1.82, 2.24) is 40.3 Å². The molecule has 2 aliphatic carbocycles. The van der Waals surface area contributed by atoms with Gasteiger partial charge in [0.05, 0.1) is 12.0 Å². The van der Waals surface area contributed by atoms with E-state index in [4.69, 9.17) is 21.1 Å². The molecule has 15 nitrogen and oxygen atoms in total. The van der Waals surface area contributed by atoms with Crippen LogP contribution >= 0.6 is 0 Å². The van der Waals surface area contributed by atoms with E-state index in [-0.39, 0.29) is 52.5 Å². The second-order valence-electron chi connectivity index (χ2n) is 22.0. The number of carbonyl (C=O) groups is 3. The third kappa shape index (κ3) is 8.19. The number of anilines is 2. The van der Waals surface area contributed by atoms with Crippen molar-refractivity contribution >= 4 is 50.9 Å². The van der Waals surface area contributed by atoms with Gasteiger partial charge in [0.25, 0.3) is 5.91 Å². The number of likely N-dealkylation sites (tertiary alicyclic amines) is 1. The van der Waals surface area contributed by atoms with Gasteiger partial charge < -0.3 is 34.8 Å². The second-order valence-corrected chi connectivity index (χ2v) is 22.0. The molecule has 8 aliphatic rings. The van der Waals surface area contributed by atoms with Gasteiger partial charge in [-0.05, 0) is 110 Å². The van der Waals surface area contributed by atoms with E-state index in [2.05, 4.69) is 47.2 Å². The number of fused-ring (bicyclic) bond motifs is 6. The zero-order chi connectivity index (χ0) is 48.1. The van der Waals surface area contributed by atoms with Crippen molar-refractivity contribution in [2.45, 2.75) is 76.0 Å². The van der Waals surface area contributed by atoms with Gasteiger partial charge in [-0.15, -0.1) is 6.42 Å². The van der Waals surface area contributed by atoms with Crippen molar-refractivity contribution in [2.75, 3.05) is 81.9 Å². The Labute approximate surface area is 412 Å². The van der Waals surface area contributed by atoms with Crippen molar-refractivity contribution < 1.29 is 28.6 Å². The van der Waals surface area contributed by atoms with Gasteiger partial charge in [0, 0.05) is 130 Å². The highest BCUT2D eigenvalue weighted by molar-refractivity contribution is 6.06. The topological polar surface area (TPSA) is 160 Å². The molecule has 3 amide bonds. The minimum absolute atomic E-state index is 0.00683. The fourth-order valence-electron chi connectivity index (χ4n) is 13.5. The van der Waals surface area contributed by atoms with Gasteiger partial charge in [0.15, 0.2) is 5.82 Å². The van der Waals surface area contributed by atoms with Gasteiger partial charge in [0.1, 0.15) is 28.8 Å². The number of piperazine rings is 2. The molecule has 0 spiro atoms. The Morgan fingerprint density at radius 1 is 0.887 bits per heavy atom. The number of hydrogen-bond acceptors (Lipinski definition) is 13. The van der Waals surface area contributed by atoms with E-state index in [9.17, 15) is 19.5 Å². The van der Waals surface area contributed by atoms with E-state index in [1.807, 2.05) is 30.3 Å². The molecule has 2 unspecified atom stereocenters. The molecule has 3 N–H and O–H groups in total. The summed E-state index contributed by atoms with van der Waals surface area (Å²) in [6, 6.07) is 14.9. The average molecular weight is 959 g/mol. The summed E-state index contributed by atoms with van der Waals surface area (Å²) in [5.41, 5.74) is 3.93. The molecule has 7 fully saturated rings. The summed E-state index contributed by atoms with van der Waals surface area (Å²) in [5, 5.41) is 18.7. The number of benzene rings is 3. The van der Waals surface area contributed by atoms with Crippen LogP contribution in [0.25, 0.3) is 32.9 Å². The molecule has 16 heteroatoms. The van der Waals surface area contributed by atoms with Gasteiger partial charge in [0.2, 0.25) is 11.8 Å². The van der Waals surface area contributed by atoms with Crippen LogP contribution in [0.15, 0.2) is 54.7 Å². The lowest BCUT2D eigenvalue weighted by atomic mass is 9.96. The largest absolute Gasteiger partial charge is 0.508 e. The number of halogens is 1. The quantitative estimate of drug-likeness (QED) is 0.116. The number of aromatic nitrogens is 3. The number of nitrogens with zero attached hydrogens (tertiary/aromatic N) is 8. The summed E-state index contributed by atoms with van der Waals surface area (Å²) in [6.07, 6.45) is 15.0. The molecular formula is C55H59FN10O5. The number of hydrogen-bond donors (Lipinski definition) is 3. The summed E-state index contributed by atoms with van der Waals surface area (Å²) in [5.74, 6) is 4.08. The molecule has 6 aliphatic heterocycles. The maximum absolute atomic E-state index is 17.2. The predicted molar refractivity (Wildman–Crippen MR) is 266 cm³/mol. The minimum Gasteiger partial charge on any atom is -0.508 e. The molecule has 366 valence electrons. The fraction of sp³-hybridized carbons (Fsp3) is 0.491. The number of amides is 3. The molecule has 2 saturated carbocycles. The van der Waals surface area contributed by atoms with Crippen molar-refractivity contribution in [3.63, 3.8) is 0 Å². The highest BCUT2D eigenvalue weighted by Gasteiger charge is 2.49. The first-order chi connectivity index (χ1) is 34.5. The number of imide groups is 1. The fourth-order valence-corrected chi connectivity index (χ4v) is 13.5. The van der Waals surface area contributed by atoms with Crippen LogP contribution in [0.4, 0.5) is 15.9 Å². The van der Waals surface area contributed by atoms with Crippen molar-refractivity contribution in [3.05, 3.63) is 77.2 Å². The standard InChI is InChI=1S/C55H59FN10O5/c1-2-33-4-3-5-34-21-41(67)22-43(47(33)34)49-48(56)50-44(23-57-49)51(65-28-38-6-7-39(29-65)58-38)61-54(60-50)71-31-55(12-13-55)30-63-25-35-18-32(19-36(35)26-63)24-62-14-16-64(17-15-62)40-8-9-42-37(20-40)27-66(53(42)70)45-10-11-46(68)59-52(45)69/h1,3-5,8-9,20-23,32,35-36,38-39,45,58,67H,6-7,10-19,24-31H2,(H,59,68,69)/t32-,35+,36-,38?,39?,45-/m0/s1. The van der Waals surface area contributed by atoms with Gasteiger partial charge in [-0.1, -0.05) is 18.1 Å². The van der Waals surface area contributed by atoms with Crippen LogP contribution < -0.4 is 25.2 Å². The van der Waals surface area contributed by atoms with Crippen LogP contribution in [-0.2, 0) is 16.1 Å². The number of rotatable bonds is 11. The third-order valence-corrected chi connectivity index (χ3v) is 17.2. The number of phenols is 1. The number of piperidine rings is 1. The molecule has 6 atom stereocenters. The lowest BCUT2D eigenvalue weighted by molar-refractivity contribution is -0.136. The van der Waals surface area contributed by atoms with Crippen molar-refractivity contribution in [1.29, 1.82) is 0 Å². The smallest absolute Gasteiger partial charge is 0.319 e. The number of aromatic hydroxyl groups is 1. The summed E-state index contributed by atoms with van der Waals surface area (Å²) >= 11 is 0. The zero-order valence-corrected chi connectivity index (χ0v) is 39.9.